The van der Waals surface area contributed by atoms with Gasteiger partial charge < -0.3 is 9.69 Å². The lowest BCUT2D eigenvalue weighted by molar-refractivity contribution is -0.109. The molecule has 4 heterocycles. The molecular weight excluding hydrogens is 479 g/mol. The Hall–Kier alpha value is -3.75. The van der Waals surface area contributed by atoms with E-state index < -0.39 is 5.82 Å². The molecule has 0 spiro atoms. The van der Waals surface area contributed by atoms with Crippen molar-refractivity contribution in [3.8, 4) is 17.5 Å². The highest BCUT2D eigenvalue weighted by Gasteiger charge is 2.25. The molecule has 0 saturated carbocycles. The van der Waals surface area contributed by atoms with Crippen molar-refractivity contribution in [2.24, 2.45) is 0 Å². The largest absolute Gasteiger partial charge is 0.303 e. The molecule has 0 atom stereocenters. The lowest BCUT2D eigenvalue weighted by atomic mass is 9.93. The zero-order chi connectivity index (χ0) is 25.2. The van der Waals surface area contributed by atoms with Crippen LogP contribution in [0.4, 0.5) is 15.3 Å². The molecule has 1 saturated heterocycles. The van der Waals surface area contributed by atoms with Crippen molar-refractivity contribution < 1.29 is 9.18 Å². The van der Waals surface area contributed by atoms with Crippen molar-refractivity contribution in [3.05, 3.63) is 53.1 Å². The summed E-state index contributed by atoms with van der Waals surface area (Å²) in [5, 5.41) is 15.0. The molecule has 11 heteroatoms. The Morgan fingerprint density at radius 2 is 2.06 bits per heavy atom. The van der Waals surface area contributed by atoms with Crippen molar-refractivity contribution in [3.63, 3.8) is 0 Å². The first-order valence-corrected chi connectivity index (χ1v) is 12.6. The molecule has 5 rings (SSSR count). The normalized spacial score (nSPS) is 14.7. The zero-order valence-corrected chi connectivity index (χ0v) is 20.9. The fourth-order valence-electron chi connectivity index (χ4n) is 4.64. The smallest absolute Gasteiger partial charge is 0.210 e. The number of nitrogens with zero attached hydrogens (tertiary/aromatic N) is 8. The lowest BCUT2D eigenvalue weighted by Gasteiger charge is -2.30. The van der Waals surface area contributed by atoms with E-state index in [1.807, 2.05) is 41.6 Å². The van der Waals surface area contributed by atoms with E-state index in [1.54, 1.807) is 0 Å². The van der Waals surface area contributed by atoms with Gasteiger partial charge in [0.1, 0.15) is 12.1 Å². The van der Waals surface area contributed by atoms with Crippen molar-refractivity contribution >= 4 is 34.4 Å². The van der Waals surface area contributed by atoms with Gasteiger partial charge in [0, 0.05) is 30.1 Å². The predicted octanol–water partition coefficient (Wildman–Crippen LogP) is 3.97. The van der Waals surface area contributed by atoms with Gasteiger partial charge in [0.25, 0.3) is 0 Å². The van der Waals surface area contributed by atoms with E-state index in [2.05, 4.69) is 14.3 Å². The number of fused-ring (bicyclic) bond motifs is 1. The molecule has 0 unspecified atom stereocenters. The number of hydrogen-bond acceptors (Lipinski definition) is 9. The molecule has 184 valence electrons. The van der Waals surface area contributed by atoms with Crippen LogP contribution in [0.1, 0.15) is 42.6 Å². The van der Waals surface area contributed by atoms with E-state index in [0.717, 1.165) is 55.1 Å². The van der Waals surface area contributed by atoms with Gasteiger partial charge in [-0.3, -0.25) is 4.90 Å². The summed E-state index contributed by atoms with van der Waals surface area (Å²) in [5.74, 6) is 1.03. The number of carbonyl (C=O) groups excluding carboxylic acids is 1. The first-order valence-electron chi connectivity index (χ1n) is 11.8. The van der Waals surface area contributed by atoms with Crippen LogP contribution in [0.5, 0.6) is 0 Å². The molecule has 0 bridgehead atoms. The minimum atomic E-state index is -0.475. The fraction of sp³-hybridized carbons (Fsp3) is 0.360. The van der Waals surface area contributed by atoms with Gasteiger partial charge in [0.2, 0.25) is 5.13 Å². The maximum absolute atomic E-state index is 13.6. The molecular formula is C25H25FN8OS. The second kappa shape index (κ2) is 10.1. The van der Waals surface area contributed by atoms with Crippen LogP contribution in [-0.4, -0.2) is 61.8 Å². The van der Waals surface area contributed by atoms with Gasteiger partial charge in [0.15, 0.2) is 17.3 Å². The number of aromatic nitrogens is 5. The van der Waals surface area contributed by atoms with Crippen LogP contribution < -0.4 is 4.90 Å². The molecule has 0 amide bonds. The number of carbonyl (C=O) groups is 1. The molecule has 4 aromatic rings. The average molecular weight is 505 g/mol. The molecule has 0 radical (unpaired) electrons. The summed E-state index contributed by atoms with van der Waals surface area (Å²) in [7, 11) is 1.90. The molecule has 1 aromatic carbocycles. The number of aryl methyl sites for hydroxylation is 1. The lowest BCUT2D eigenvalue weighted by Crippen LogP contribution is -2.34. The fourth-order valence-corrected chi connectivity index (χ4v) is 5.29. The van der Waals surface area contributed by atoms with Gasteiger partial charge in [-0.05, 0) is 62.7 Å². The predicted molar refractivity (Wildman–Crippen MR) is 135 cm³/mol. The Bertz CT molecular complexity index is 1450. The van der Waals surface area contributed by atoms with Crippen LogP contribution >= 0.6 is 11.5 Å². The number of halogens is 1. The standard InChI is InChI=1S/C25H25FN8OS/c1-3-20-24(32(2)25-29-23(31-36-25)19-5-4-18(26)14-17(19)15-27)34-22(28-20)7-6-21(30-34)16-8-10-33(11-9-16)12-13-35/h4-7,13-14,16H,3,8-12H2,1-2H3. The van der Waals surface area contributed by atoms with E-state index in [1.165, 1.54) is 29.7 Å². The third-order valence-corrected chi connectivity index (χ3v) is 7.37. The van der Waals surface area contributed by atoms with Gasteiger partial charge in [-0.1, -0.05) is 6.92 Å². The number of nitriles is 1. The number of hydrogen-bond donors (Lipinski definition) is 0. The van der Waals surface area contributed by atoms with Crippen molar-refractivity contribution in [1.29, 1.82) is 5.26 Å². The zero-order valence-electron chi connectivity index (χ0n) is 20.1. The van der Waals surface area contributed by atoms with Crippen LogP contribution in [0.2, 0.25) is 0 Å². The Morgan fingerprint density at radius 3 is 2.78 bits per heavy atom. The topological polar surface area (TPSA) is 103 Å². The number of anilines is 2. The van der Waals surface area contributed by atoms with Gasteiger partial charge in [-0.15, -0.1) is 0 Å². The number of likely N-dealkylation sites (tertiary alicyclic amines) is 1. The van der Waals surface area contributed by atoms with Crippen LogP contribution in [-0.2, 0) is 11.2 Å². The van der Waals surface area contributed by atoms with Gasteiger partial charge >= 0.3 is 0 Å². The molecule has 0 aliphatic carbocycles. The van der Waals surface area contributed by atoms with E-state index >= 15 is 0 Å². The molecule has 1 aliphatic rings. The van der Waals surface area contributed by atoms with Crippen LogP contribution in [0.25, 0.3) is 17.0 Å². The highest BCUT2D eigenvalue weighted by molar-refractivity contribution is 7.10. The highest BCUT2D eigenvalue weighted by Crippen LogP contribution is 2.33. The molecule has 9 nitrogen and oxygen atoms in total. The minimum absolute atomic E-state index is 0.191. The summed E-state index contributed by atoms with van der Waals surface area (Å²) >= 11 is 1.20. The third kappa shape index (κ3) is 4.45. The Balaban J connectivity index is 1.48. The van der Waals surface area contributed by atoms with Gasteiger partial charge in [0.05, 0.1) is 29.6 Å². The second-order valence-corrected chi connectivity index (χ2v) is 9.50. The highest BCUT2D eigenvalue weighted by atomic mass is 32.1. The van der Waals surface area contributed by atoms with Crippen LogP contribution in [0.3, 0.4) is 0 Å². The van der Waals surface area contributed by atoms with E-state index in [-0.39, 0.29) is 5.56 Å². The minimum Gasteiger partial charge on any atom is -0.303 e. The first-order chi connectivity index (χ1) is 17.5. The van der Waals surface area contributed by atoms with E-state index in [0.29, 0.717) is 35.4 Å². The summed E-state index contributed by atoms with van der Waals surface area (Å²) in [6, 6.07) is 10.1. The first kappa shape index (κ1) is 24.0. The molecule has 36 heavy (non-hydrogen) atoms. The Labute approximate surface area is 212 Å². The monoisotopic (exact) mass is 504 g/mol. The molecule has 0 N–H and O–H groups in total. The summed E-state index contributed by atoms with van der Waals surface area (Å²) in [6.45, 7) is 4.28. The van der Waals surface area contributed by atoms with E-state index in [4.69, 9.17) is 10.1 Å². The average Bonchev–Trinajstić information content (AvgIpc) is 3.53. The van der Waals surface area contributed by atoms with Crippen LogP contribution in [0, 0.1) is 17.1 Å². The molecule has 1 aliphatic heterocycles. The number of aldehydes is 1. The summed E-state index contributed by atoms with van der Waals surface area (Å²) in [6.07, 6.45) is 3.57. The van der Waals surface area contributed by atoms with Gasteiger partial charge in [-0.2, -0.15) is 24.2 Å². The summed E-state index contributed by atoms with van der Waals surface area (Å²) in [5.41, 5.74) is 3.33. The quantitative estimate of drug-likeness (QED) is 0.348. The van der Waals surface area contributed by atoms with Crippen molar-refractivity contribution in [2.45, 2.75) is 32.1 Å². The van der Waals surface area contributed by atoms with Crippen molar-refractivity contribution in [1.82, 2.24) is 28.9 Å². The van der Waals surface area contributed by atoms with Crippen molar-refractivity contribution in [2.75, 3.05) is 31.6 Å². The Morgan fingerprint density at radius 1 is 1.25 bits per heavy atom. The Kier molecular flexibility index (Phi) is 6.71. The third-order valence-electron chi connectivity index (χ3n) is 6.58. The number of imidazole rings is 1. The number of piperidine rings is 1. The van der Waals surface area contributed by atoms with Crippen LogP contribution in [0.15, 0.2) is 30.3 Å². The summed E-state index contributed by atoms with van der Waals surface area (Å²) in [4.78, 5) is 24.4. The second-order valence-electron chi connectivity index (χ2n) is 8.77. The molecule has 1 fully saturated rings. The summed E-state index contributed by atoms with van der Waals surface area (Å²) < 4.78 is 19.9. The SMILES string of the molecule is CCc1nc2ccc(C3CCN(CC=O)CC3)nn2c1N(C)c1nc(-c2ccc(F)cc2C#N)ns1. The van der Waals surface area contributed by atoms with Gasteiger partial charge in [-0.25, -0.2) is 9.37 Å². The van der Waals surface area contributed by atoms with E-state index in [9.17, 15) is 14.4 Å². The molecule has 3 aromatic heterocycles. The maximum Gasteiger partial charge on any atom is 0.210 e. The number of rotatable bonds is 7. The number of benzene rings is 1. The maximum atomic E-state index is 13.6.